The van der Waals surface area contributed by atoms with Crippen LogP contribution >= 0.6 is 0 Å². The first kappa shape index (κ1) is 17.6. The largest absolute Gasteiger partial charge is 0.497 e. The van der Waals surface area contributed by atoms with Crippen LogP contribution < -0.4 is 20.5 Å². The van der Waals surface area contributed by atoms with Gasteiger partial charge in [0.1, 0.15) is 18.1 Å². The molecule has 2 N–H and O–H groups in total. The van der Waals surface area contributed by atoms with Crippen molar-refractivity contribution in [3.05, 3.63) is 58.6 Å². The minimum atomic E-state index is -0.480. The van der Waals surface area contributed by atoms with Gasteiger partial charge in [0.05, 0.1) is 19.2 Å². The summed E-state index contributed by atoms with van der Waals surface area (Å²) in [4.78, 5) is 25.7. The summed E-state index contributed by atoms with van der Waals surface area (Å²) in [7, 11) is 1.61. The van der Waals surface area contributed by atoms with Gasteiger partial charge in [-0.2, -0.15) is 0 Å². The van der Waals surface area contributed by atoms with E-state index in [1.54, 1.807) is 13.2 Å². The maximum absolute atomic E-state index is 11.9. The summed E-state index contributed by atoms with van der Waals surface area (Å²) in [5.74, 6) is 0.960. The molecule has 26 heavy (non-hydrogen) atoms. The number of amides is 1. The zero-order valence-electron chi connectivity index (χ0n) is 14.4. The van der Waals surface area contributed by atoms with Gasteiger partial charge >= 0.3 is 5.76 Å². The van der Waals surface area contributed by atoms with Crippen molar-refractivity contribution >= 4 is 17.0 Å². The predicted molar refractivity (Wildman–Crippen MR) is 96.7 cm³/mol. The fourth-order valence-electron chi connectivity index (χ4n) is 2.53. The fraction of sp³-hybridized carbons (Fsp3) is 0.263. The number of carbonyl (C=O) groups excluding carboxylic acids is 1. The van der Waals surface area contributed by atoms with Gasteiger partial charge in [-0.3, -0.25) is 9.78 Å². The summed E-state index contributed by atoms with van der Waals surface area (Å²) >= 11 is 0. The summed E-state index contributed by atoms with van der Waals surface area (Å²) in [5, 5.41) is 2.82. The van der Waals surface area contributed by atoms with Gasteiger partial charge in [-0.1, -0.05) is 6.07 Å². The fourth-order valence-corrected chi connectivity index (χ4v) is 2.53. The number of aromatic amines is 1. The van der Waals surface area contributed by atoms with Crippen molar-refractivity contribution in [2.45, 2.75) is 12.8 Å². The molecule has 7 nitrogen and oxygen atoms in total. The molecule has 2 aromatic carbocycles. The molecule has 0 unspecified atom stereocenters. The van der Waals surface area contributed by atoms with E-state index < -0.39 is 5.76 Å². The van der Waals surface area contributed by atoms with Crippen LogP contribution in [0, 0.1) is 0 Å². The minimum Gasteiger partial charge on any atom is -0.497 e. The minimum absolute atomic E-state index is 0.0517. The molecule has 0 bridgehead atoms. The average Bonchev–Trinajstić information content (AvgIpc) is 3.03. The first-order valence-corrected chi connectivity index (χ1v) is 8.29. The predicted octanol–water partition coefficient (Wildman–Crippen LogP) is 2.26. The second-order valence-electron chi connectivity index (χ2n) is 5.72. The van der Waals surface area contributed by atoms with E-state index in [-0.39, 0.29) is 5.91 Å². The molecular formula is C19H20N2O5. The molecule has 3 rings (SSSR count). The van der Waals surface area contributed by atoms with Crippen LogP contribution in [0.5, 0.6) is 11.5 Å². The number of oxazole rings is 1. The maximum atomic E-state index is 11.9. The number of aromatic nitrogens is 1. The normalized spacial score (nSPS) is 10.7. The number of rotatable bonds is 8. The van der Waals surface area contributed by atoms with Gasteiger partial charge in [0.25, 0.3) is 0 Å². The Balaban J connectivity index is 1.38. The van der Waals surface area contributed by atoms with E-state index in [2.05, 4.69) is 10.3 Å². The van der Waals surface area contributed by atoms with Gasteiger partial charge in [-0.05, 0) is 48.4 Å². The number of ether oxygens (including phenoxy) is 2. The molecule has 0 aliphatic rings. The molecule has 0 fully saturated rings. The average molecular weight is 356 g/mol. The molecular weight excluding hydrogens is 336 g/mol. The maximum Gasteiger partial charge on any atom is 0.417 e. The molecule has 7 heteroatoms. The Morgan fingerprint density at radius 2 is 1.92 bits per heavy atom. The summed E-state index contributed by atoms with van der Waals surface area (Å²) in [5.41, 5.74) is 2.11. The Labute approximate surface area is 149 Å². The van der Waals surface area contributed by atoms with E-state index in [9.17, 15) is 9.59 Å². The SMILES string of the molecule is COc1ccc(OCCNC(=O)CCc2ccc3oc(=O)[nH]c3c2)cc1. The first-order valence-electron chi connectivity index (χ1n) is 8.29. The van der Waals surface area contributed by atoms with E-state index in [0.717, 1.165) is 17.1 Å². The monoisotopic (exact) mass is 356 g/mol. The van der Waals surface area contributed by atoms with Gasteiger partial charge in [-0.25, -0.2) is 4.79 Å². The lowest BCUT2D eigenvalue weighted by Crippen LogP contribution is -2.28. The van der Waals surface area contributed by atoms with Crippen LogP contribution in [0.15, 0.2) is 51.7 Å². The molecule has 1 aromatic heterocycles. The highest BCUT2D eigenvalue weighted by atomic mass is 16.5. The van der Waals surface area contributed by atoms with Crippen molar-refractivity contribution in [1.82, 2.24) is 10.3 Å². The molecule has 0 atom stereocenters. The number of carbonyl (C=O) groups is 1. The molecule has 3 aromatic rings. The van der Waals surface area contributed by atoms with Crippen molar-refractivity contribution in [1.29, 1.82) is 0 Å². The number of hydrogen-bond donors (Lipinski definition) is 2. The summed E-state index contributed by atoms with van der Waals surface area (Å²) in [6, 6.07) is 12.7. The smallest absolute Gasteiger partial charge is 0.417 e. The molecule has 0 saturated carbocycles. The highest BCUT2D eigenvalue weighted by molar-refractivity contribution is 5.77. The first-order chi connectivity index (χ1) is 12.6. The van der Waals surface area contributed by atoms with E-state index in [1.165, 1.54) is 0 Å². The van der Waals surface area contributed by atoms with Crippen LogP contribution in [0.2, 0.25) is 0 Å². The Morgan fingerprint density at radius 3 is 2.69 bits per heavy atom. The van der Waals surface area contributed by atoms with Crippen molar-refractivity contribution in [3.63, 3.8) is 0 Å². The van der Waals surface area contributed by atoms with E-state index >= 15 is 0 Å². The molecule has 0 spiro atoms. The van der Waals surface area contributed by atoms with Gasteiger partial charge in [0.2, 0.25) is 5.91 Å². The highest BCUT2D eigenvalue weighted by Crippen LogP contribution is 2.16. The number of H-pyrrole nitrogens is 1. The molecule has 0 aliphatic heterocycles. The van der Waals surface area contributed by atoms with E-state index in [1.807, 2.05) is 36.4 Å². The lowest BCUT2D eigenvalue weighted by atomic mass is 10.1. The Kier molecular flexibility index (Phi) is 5.58. The molecule has 0 radical (unpaired) electrons. The third kappa shape index (κ3) is 4.66. The zero-order chi connectivity index (χ0) is 18.4. The summed E-state index contributed by atoms with van der Waals surface area (Å²) in [6.07, 6.45) is 0.935. The van der Waals surface area contributed by atoms with Crippen molar-refractivity contribution in [3.8, 4) is 11.5 Å². The number of nitrogens with one attached hydrogen (secondary N) is 2. The Morgan fingerprint density at radius 1 is 1.15 bits per heavy atom. The van der Waals surface area contributed by atoms with Gasteiger partial charge in [-0.15, -0.1) is 0 Å². The number of hydrogen-bond acceptors (Lipinski definition) is 5. The van der Waals surface area contributed by atoms with Crippen molar-refractivity contribution in [2.75, 3.05) is 20.3 Å². The zero-order valence-corrected chi connectivity index (χ0v) is 14.4. The summed E-state index contributed by atoms with van der Waals surface area (Å²) < 4.78 is 15.6. The molecule has 136 valence electrons. The Hall–Kier alpha value is -3.22. The number of methoxy groups -OCH3 is 1. The number of benzene rings is 2. The van der Waals surface area contributed by atoms with Crippen LogP contribution in [0.4, 0.5) is 0 Å². The van der Waals surface area contributed by atoms with Gasteiger partial charge in [0, 0.05) is 6.42 Å². The second-order valence-corrected chi connectivity index (χ2v) is 5.72. The van der Waals surface area contributed by atoms with Crippen LogP contribution in [0.25, 0.3) is 11.1 Å². The van der Waals surface area contributed by atoms with E-state index in [0.29, 0.717) is 37.1 Å². The summed E-state index contributed by atoms with van der Waals surface area (Å²) in [6.45, 7) is 0.819. The highest BCUT2D eigenvalue weighted by Gasteiger charge is 2.05. The van der Waals surface area contributed by atoms with Crippen LogP contribution in [0.3, 0.4) is 0 Å². The van der Waals surface area contributed by atoms with Gasteiger partial charge in [0.15, 0.2) is 5.58 Å². The second kappa shape index (κ2) is 8.24. The van der Waals surface area contributed by atoms with Crippen LogP contribution in [-0.4, -0.2) is 31.2 Å². The third-order valence-corrected chi connectivity index (χ3v) is 3.88. The standard InChI is InChI=1S/C19H20N2O5/c1-24-14-4-6-15(7-5-14)25-11-10-20-18(22)9-3-13-2-8-17-16(12-13)21-19(23)26-17/h2,4-8,12H,3,9-11H2,1H3,(H,20,22)(H,21,23). The topological polar surface area (TPSA) is 93.6 Å². The number of fused-ring (bicyclic) bond motifs is 1. The van der Waals surface area contributed by atoms with Crippen LogP contribution in [-0.2, 0) is 11.2 Å². The molecule has 0 saturated heterocycles. The van der Waals surface area contributed by atoms with Crippen molar-refractivity contribution in [2.24, 2.45) is 0 Å². The lowest BCUT2D eigenvalue weighted by molar-refractivity contribution is -0.121. The Bertz CT molecular complexity index is 927. The van der Waals surface area contributed by atoms with Crippen LogP contribution in [0.1, 0.15) is 12.0 Å². The van der Waals surface area contributed by atoms with Crippen molar-refractivity contribution < 1.29 is 18.7 Å². The quantitative estimate of drug-likeness (QED) is 0.604. The van der Waals surface area contributed by atoms with E-state index in [4.69, 9.17) is 13.9 Å². The molecule has 0 aliphatic carbocycles. The van der Waals surface area contributed by atoms with Gasteiger partial charge < -0.3 is 19.2 Å². The number of aryl methyl sites for hydroxylation is 1. The lowest BCUT2D eigenvalue weighted by Gasteiger charge is -2.08. The molecule has 1 amide bonds. The molecule has 1 heterocycles. The third-order valence-electron chi connectivity index (χ3n) is 3.88.